The van der Waals surface area contributed by atoms with Crippen LogP contribution in [0.4, 0.5) is 0 Å². The van der Waals surface area contributed by atoms with E-state index in [2.05, 4.69) is 5.32 Å². The summed E-state index contributed by atoms with van der Waals surface area (Å²) in [6.07, 6.45) is 0.619. The summed E-state index contributed by atoms with van der Waals surface area (Å²) in [6, 6.07) is 6.83. The van der Waals surface area contributed by atoms with Crippen molar-refractivity contribution in [3.63, 3.8) is 0 Å². The highest BCUT2D eigenvalue weighted by Gasteiger charge is 2.35. The van der Waals surface area contributed by atoms with Crippen LogP contribution in [-0.2, 0) is 27.3 Å². The van der Waals surface area contributed by atoms with Gasteiger partial charge >= 0.3 is 0 Å². The normalized spacial score (nSPS) is 18.6. The Bertz CT molecular complexity index is 571. The van der Waals surface area contributed by atoms with E-state index in [9.17, 15) is 14.4 Å². The van der Waals surface area contributed by atoms with Gasteiger partial charge in [0, 0.05) is 6.54 Å². The molecule has 0 aromatic heterocycles. The van der Waals surface area contributed by atoms with Gasteiger partial charge in [0.1, 0.15) is 12.6 Å². The van der Waals surface area contributed by atoms with E-state index in [1.54, 1.807) is 0 Å². The first-order valence-electron chi connectivity index (χ1n) is 6.96. The number of hydrogen-bond acceptors (Lipinski definition) is 4. The summed E-state index contributed by atoms with van der Waals surface area (Å²) < 4.78 is 0. The van der Waals surface area contributed by atoms with Gasteiger partial charge in [-0.2, -0.15) is 0 Å². The van der Waals surface area contributed by atoms with Crippen LogP contribution < -0.4 is 11.1 Å². The zero-order valence-electron chi connectivity index (χ0n) is 12.0. The van der Waals surface area contributed by atoms with Crippen LogP contribution in [0.5, 0.6) is 0 Å². The molecule has 0 spiro atoms. The van der Waals surface area contributed by atoms with Crippen molar-refractivity contribution in [2.24, 2.45) is 5.73 Å². The molecule has 112 valence electrons. The number of rotatable bonds is 4. The quantitative estimate of drug-likeness (QED) is 0.760. The summed E-state index contributed by atoms with van der Waals surface area (Å²) in [4.78, 5) is 37.1. The van der Waals surface area contributed by atoms with Crippen LogP contribution in [0.3, 0.4) is 0 Å². The second-order valence-corrected chi connectivity index (χ2v) is 5.01. The predicted octanol–water partition coefficient (Wildman–Crippen LogP) is -0.0486. The molecule has 0 saturated carbocycles. The molecule has 1 saturated heterocycles. The van der Waals surface area contributed by atoms with Crippen LogP contribution in [0.1, 0.15) is 24.5 Å². The van der Waals surface area contributed by atoms with Gasteiger partial charge < -0.3 is 10.6 Å². The third-order valence-corrected chi connectivity index (χ3v) is 3.64. The number of hydrogen-bond donors (Lipinski definition) is 2. The summed E-state index contributed by atoms with van der Waals surface area (Å²) in [7, 11) is 0. The van der Waals surface area contributed by atoms with E-state index in [0.717, 1.165) is 11.1 Å². The highest BCUT2D eigenvalue weighted by Crippen LogP contribution is 2.14. The van der Waals surface area contributed by atoms with Gasteiger partial charge in [0.2, 0.25) is 17.7 Å². The summed E-state index contributed by atoms with van der Waals surface area (Å²) in [5.41, 5.74) is 7.39. The fourth-order valence-electron chi connectivity index (χ4n) is 2.53. The lowest BCUT2D eigenvalue weighted by molar-refractivity contribution is -0.149. The molecule has 21 heavy (non-hydrogen) atoms. The van der Waals surface area contributed by atoms with Gasteiger partial charge in [0.25, 0.3) is 0 Å². The van der Waals surface area contributed by atoms with Crippen molar-refractivity contribution in [1.82, 2.24) is 10.2 Å². The van der Waals surface area contributed by atoms with Gasteiger partial charge in [0.15, 0.2) is 0 Å². The zero-order chi connectivity index (χ0) is 15.4. The van der Waals surface area contributed by atoms with Gasteiger partial charge in [-0.25, -0.2) is 0 Å². The number of piperazine rings is 1. The van der Waals surface area contributed by atoms with Crippen LogP contribution in [0.25, 0.3) is 0 Å². The number of carbonyl (C=O) groups is 3. The average Bonchev–Trinajstić information content (AvgIpc) is 2.47. The molecule has 0 radical (unpaired) electrons. The molecular formula is C15H19N3O3. The lowest BCUT2D eigenvalue weighted by Crippen LogP contribution is -2.59. The maximum absolute atomic E-state index is 12.4. The summed E-state index contributed by atoms with van der Waals surface area (Å²) in [5, 5.41) is 2.26. The Kier molecular flexibility index (Phi) is 4.70. The molecule has 6 heteroatoms. The SMILES string of the molecule is CCC1C(=O)NC(=O)CN1C(=O)Cc1ccccc1CN. The molecule has 3 amide bonds. The molecule has 3 N–H and O–H groups in total. The maximum Gasteiger partial charge on any atom is 0.249 e. The third kappa shape index (κ3) is 3.28. The number of nitrogens with one attached hydrogen (secondary N) is 1. The zero-order valence-corrected chi connectivity index (χ0v) is 12.0. The molecule has 6 nitrogen and oxygen atoms in total. The molecule has 1 aliphatic heterocycles. The highest BCUT2D eigenvalue weighted by molar-refractivity contribution is 6.04. The van der Waals surface area contributed by atoms with E-state index in [1.807, 2.05) is 31.2 Å². The third-order valence-electron chi connectivity index (χ3n) is 3.64. The summed E-state index contributed by atoms with van der Waals surface area (Å²) >= 11 is 0. The van der Waals surface area contributed by atoms with E-state index in [-0.39, 0.29) is 18.9 Å². The van der Waals surface area contributed by atoms with Crippen LogP contribution in [-0.4, -0.2) is 35.2 Å². The number of nitrogens with zero attached hydrogens (tertiary/aromatic N) is 1. The standard InChI is InChI=1S/C15H19N3O3/c1-2-12-15(21)17-13(19)9-18(12)14(20)7-10-5-3-4-6-11(10)8-16/h3-6,12H,2,7-9,16H2,1H3,(H,17,19,21). The molecule has 1 atom stereocenters. The Labute approximate surface area is 123 Å². The minimum absolute atomic E-state index is 0.0755. The Morgan fingerprint density at radius 3 is 2.62 bits per heavy atom. The highest BCUT2D eigenvalue weighted by atomic mass is 16.2. The second kappa shape index (κ2) is 6.49. The molecule has 1 aromatic rings. The molecule has 0 bridgehead atoms. The van der Waals surface area contributed by atoms with Crippen molar-refractivity contribution < 1.29 is 14.4 Å². The minimum atomic E-state index is -0.583. The maximum atomic E-state index is 12.4. The van der Waals surface area contributed by atoms with Crippen LogP contribution in [0, 0.1) is 0 Å². The van der Waals surface area contributed by atoms with Gasteiger partial charge in [-0.15, -0.1) is 0 Å². The smallest absolute Gasteiger partial charge is 0.249 e. The number of carbonyl (C=O) groups excluding carboxylic acids is 3. The first kappa shape index (κ1) is 15.2. The van der Waals surface area contributed by atoms with Crippen molar-refractivity contribution in [1.29, 1.82) is 0 Å². The summed E-state index contributed by atoms with van der Waals surface area (Å²) in [5.74, 6) is -1.08. The van der Waals surface area contributed by atoms with Crippen LogP contribution in [0.15, 0.2) is 24.3 Å². The van der Waals surface area contributed by atoms with Crippen LogP contribution in [0.2, 0.25) is 0 Å². The van der Waals surface area contributed by atoms with Crippen molar-refractivity contribution in [2.75, 3.05) is 6.54 Å². The second-order valence-electron chi connectivity index (χ2n) is 5.01. The number of amides is 3. The Morgan fingerprint density at radius 2 is 2.00 bits per heavy atom. The van der Waals surface area contributed by atoms with Gasteiger partial charge in [-0.1, -0.05) is 31.2 Å². The number of nitrogens with two attached hydrogens (primary N) is 1. The van der Waals surface area contributed by atoms with E-state index in [1.165, 1.54) is 4.90 Å². The molecular weight excluding hydrogens is 270 g/mol. The van der Waals surface area contributed by atoms with E-state index in [0.29, 0.717) is 13.0 Å². The monoisotopic (exact) mass is 289 g/mol. The topological polar surface area (TPSA) is 92.5 Å². The van der Waals surface area contributed by atoms with Crippen molar-refractivity contribution >= 4 is 17.7 Å². The Hall–Kier alpha value is -2.21. The van der Waals surface area contributed by atoms with E-state index < -0.39 is 17.9 Å². The Balaban J connectivity index is 2.18. The van der Waals surface area contributed by atoms with E-state index in [4.69, 9.17) is 5.73 Å². The lowest BCUT2D eigenvalue weighted by Gasteiger charge is -2.33. The van der Waals surface area contributed by atoms with Crippen molar-refractivity contribution in [2.45, 2.75) is 32.4 Å². The molecule has 1 unspecified atom stereocenters. The van der Waals surface area contributed by atoms with E-state index >= 15 is 0 Å². The fourth-order valence-corrected chi connectivity index (χ4v) is 2.53. The molecule has 1 aliphatic rings. The van der Waals surface area contributed by atoms with Gasteiger partial charge in [0.05, 0.1) is 6.42 Å². The first-order valence-corrected chi connectivity index (χ1v) is 6.96. The van der Waals surface area contributed by atoms with Crippen LogP contribution >= 0.6 is 0 Å². The molecule has 1 aromatic carbocycles. The van der Waals surface area contributed by atoms with Crippen molar-refractivity contribution in [3.8, 4) is 0 Å². The fraction of sp³-hybridized carbons (Fsp3) is 0.400. The minimum Gasteiger partial charge on any atom is -0.326 e. The molecule has 0 aliphatic carbocycles. The lowest BCUT2D eigenvalue weighted by atomic mass is 10.0. The first-order chi connectivity index (χ1) is 10.1. The predicted molar refractivity (Wildman–Crippen MR) is 77.0 cm³/mol. The number of benzene rings is 1. The molecule has 2 rings (SSSR count). The summed E-state index contributed by atoms with van der Waals surface area (Å²) in [6.45, 7) is 2.09. The van der Waals surface area contributed by atoms with Crippen molar-refractivity contribution in [3.05, 3.63) is 35.4 Å². The molecule has 1 heterocycles. The number of imide groups is 1. The van der Waals surface area contributed by atoms with Gasteiger partial charge in [-0.05, 0) is 17.5 Å². The van der Waals surface area contributed by atoms with Gasteiger partial charge in [-0.3, -0.25) is 19.7 Å². The molecule has 1 fully saturated rings. The largest absolute Gasteiger partial charge is 0.326 e. The average molecular weight is 289 g/mol. The Morgan fingerprint density at radius 1 is 1.33 bits per heavy atom.